The molecule has 1 aromatic heterocycles. The van der Waals surface area contributed by atoms with Gasteiger partial charge in [-0.15, -0.1) is 0 Å². The molecule has 2 aliphatic rings. The molecule has 114 valence electrons. The van der Waals surface area contributed by atoms with Crippen molar-refractivity contribution in [1.82, 2.24) is 5.32 Å². The van der Waals surface area contributed by atoms with Gasteiger partial charge in [-0.3, -0.25) is 4.79 Å². The molecule has 1 aliphatic heterocycles. The molecule has 1 saturated carbocycles. The first-order valence-electron chi connectivity index (χ1n) is 7.37. The monoisotopic (exact) mass is 299 g/mol. The average molecular weight is 299 g/mol. The van der Waals surface area contributed by atoms with Gasteiger partial charge >= 0.3 is 0 Å². The minimum atomic E-state index is -0.296. The number of benzene rings is 1. The Hall–Kier alpha value is -2.43. The van der Waals surface area contributed by atoms with Crippen molar-refractivity contribution in [2.45, 2.75) is 32.2 Å². The van der Waals surface area contributed by atoms with E-state index in [1.807, 2.05) is 32.0 Å². The maximum Gasteiger partial charge on any atom is 0.255 e. The molecule has 0 atom stereocenters. The highest BCUT2D eigenvalue weighted by Crippen LogP contribution is 2.48. The van der Waals surface area contributed by atoms with Gasteiger partial charge in [0.05, 0.1) is 11.1 Å². The van der Waals surface area contributed by atoms with Crippen molar-refractivity contribution < 1.29 is 18.7 Å². The van der Waals surface area contributed by atoms with Gasteiger partial charge in [0.25, 0.3) is 5.91 Å². The number of fused-ring (bicyclic) bond motifs is 1. The molecular formula is C17H17NO4. The Balaban J connectivity index is 1.59. The highest BCUT2D eigenvalue weighted by molar-refractivity contribution is 5.96. The first-order valence-corrected chi connectivity index (χ1v) is 7.37. The number of amides is 1. The zero-order valence-corrected chi connectivity index (χ0v) is 12.6. The second kappa shape index (κ2) is 4.53. The molecule has 22 heavy (non-hydrogen) atoms. The van der Waals surface area contributed by atoms with Crippen LogP contribution in [0.3, 0.4) is 0 Å². The first-order chi connectivity index (χ1) is 10.6. The first kappa shape index (κ1) is 13.2. The molecule has 1 amide bonds. The van der Waals surface area contributed by atoms with E-state index in [0.29, 0.717) is 11.3 Å². The molecule has 0 radical (unpaired) electrons. The highest BCUT2D eigenvalue weighted by Gasteiger charge is 2.46. The standard InChI is InChI=1S/C17H17NO4/c1-10-7-13(11(2)22-10)16(19)18-17(5-6-17)12-3-4-14-15(8-12)21-9-20-14/h3-4,7-8H,5-6,9H2,1-2H3,(H,18,19). The fourth-order valence-corrected chi connectivity index (χ4v) is 2.95. The third-order valence-electron chi connectivity index (χ3n) is 4.31. The lowest BCUT2D eigenvalue weighted by molar-refractivity contribution is 0.0929. The number of carbonyl (C=O) groups excluding carboxylic acids is 1. The van der Waals surface area contributed by atoms with Crippen LogP contribution in [0, 0.1) is 13.8 Å². The molecule has 4 rings (SSSR count). The van der Waals surface area contributed by atoms with Crippen molar-refractivity contribution in [3.8, 4) is 11.5 Å². The van der Waals surface area contributed by atoms with Crippen LogP contribution in [-0.2, 0) is 5.54 Å². The van der Waals surface area contributed by atoms with E-state index in [1.165, 1.54) is 0 Å². The predicted molar refractivity (Wildman–Crippen MR) is 79.1 cm³/mol. The Bertz CT molecular complexity index is 758. The number of hydrogen-bond acceptors (Lipinski definition) is 4. The smallest absolute Gasteiger partial charge is 0.255 e. The topological polar surface area (TPSA) is 60.7 Å². The summed E-state index contributed by atoms with van der Waals surface area (Å²) in [7, 11) is 0. The van der Waals surface area contributed by atoms with Crippen molar-refractivity contribution >= 4 is 5.91 Å². The van der Waals surface area contributed by atoms with Crippen molar-refractivity contribution in [3.63, 3.8) is 0 Å². The zero-order chi connectivity index (χ0) is 15.3. The van der Waals surface area contributed by atoms with Crippen LogP contribution in [-0.4, -0.2) is 12.7 Å². The number of aryl methyl sites for hydroxylation is 2. The number of ether oxygens (including phenoxy) is 2. The van der Waals surface area contributed by atoms with Gasteiger partial charge in [0.15, 0.2) is 11.5 Å². The summed E-state index contributed by atoms with van der Waals surface area (Å²) in [5.41, 5.74) is 1.36. The van der Waals surface area contributed by atoms with Gasteiger partial charge in [-0.25, -0.2) is 0 Å². The number of furan rings is 1. The molecule has 0 spiro atoms. The summed E-state index contributed by atoms with van der Waals surface area (Å²) < 4.78 is 16.2. The maximum atomic E-state index is 12.5. The number of nitrogens with one attached hydrogen (secondary N) is 1. The van der Waals surface area contributed by atoms with E-state index in [9.17, 15) is 4.79 Å². The van der Waals surface area contributed by atoms with Crippen molar-refractivity contribution in [2.75, 3.05) is 6.79 Å². The van der Waals surface area contributed by atoms with Crippen molar-refractivity contribution in [3.05, 3.63) is 46.9 Å². The van der Waals surface area contributed by atoms with E-state index in [0.717, 1.165) is 35.7 Å². The lowest BCUT2D eigenvalue weighted by Gasteiger charge is -2.18. The van der Waals surface area contributed by atoms with Crippen LogP contribution in [0.25, 0.3) is 0 Å². The van der Waals surface area contributed by atoms with E-state index in [4.69, 9.17) is 13.9 Å². The third-order valence-corrected chi connectivity index (χ3v) is 4.31. The summed E-state index contributed by atoms with van der Waals surface area (Å²) in [6.45, 7) is 3.90. The normalized spacial score (nSPS) is 17.4. The zero-order valence-electron chi connectivity index (χ0n) is 12.6. The molecule has 5 heteroatoms. The Labute approximate surface area is 128 Å². The van der Waals surface area contributed by atoms with Crippen LogP contribution in [0.15, 0.2) is 28.7 Å². The summed E-state index contributed by atoms with van der Waals surface area (Å²) in [6.07, 6.45) is 1.85. The molecular weight excluding hydrogens is 282 g/mol. The van der Waals surface area contributed by atoms with Gasteiger partial charge in [0, 0.05) is 0 Å². The minimum absolute atomic E-state index is 0.0930. The van der Waals surface area contributed by atoms with Gasteiger partial charge in [-0.2, -0.15) is 0 Å². The van der Waals surface area contributed by atoms with Gasteiger partial charge in [-0.1, -0.05) is 6.07 Å². The lowest BCUT2D eigenvalue weighted by Crippen LogP contribution is -2.34. The van der Waals surface area contributed by atoms with Crippen LogP contribution in [0.4, 0.5) is 0 Å². The lowest BCUT2D eigenvalue weighted by atomic mass is 10.0. The molecule has 0 saturated heterocycles. The van der Waals surface area contributed by atoms with Crippen LogP contribution in [0.1, 0.15) is 40.3 Å². The van der Waals surface area contributed by atoms with Crippen LogP contribution < -0.4 is 14.8 Å². The van der Waals surface area contributed by atoms with Gasteiger partial charge in [-0.05, 0) is 50.5 Å². The molecule has 0 unspecified atom stereocenters. The van der Waals surface area contributed by atoms with E-state index in [-0.39, 0.29) is 18.2 Å². The second-order valence-corrected chi connectivity index (χ2v) is 5.93. The molecule has 2 heterocycles. The molecule has 1 aliphatic carbocycles. The SMILES string of the molecule is Cc1cc(C(=O)NC2(c3ccc4c(c3)OCO4)CC2)c(C)o1. The van der Waals surface area contributed by atoms with Crippen LogP contribution in [0.2, 0.25) is 0 Å². The second-order valence-electron chi connectivity index (χ2n) is 5.93. The Kier molecular flexibility index (Phi) is 2.73. The van der Waals surface area contributed by atoms with E-state index < -0.39 is 0 Å². The van der Waals surface area contributed by atoms with Crippen LogP contribution in [0.5, 0.6) is 11.5 Å². The summed E-state index contributed by atoms with van der Waals surface area (Å²) in [6, 6.07) is 7.63. The van der Waals surface area contributed by atoms with Crippen molar-refractivity contribution in [1.29, 1.82) is 0 Å². The highest BCUT2D eigenvalue weighted by atomic mass is 16.7. The number of hydrogen-bond donors (Lipinski definition) is 1. The van der Waals surface area contributed by atoms with E-state index in [2.05, 4.69) is 5.32 Å². The van der Waals surface area contributed by atoms with E-state index >= 15 is 0 Å². The minimum Gasteiger partial charge on any atom is -0.466 e. The molecule has 0 bridgehead atoms. The Morgan fingerprint density at radius 2 is 1.91 bits per heavy atom. The fraction of sp³-hybridized carbons (Fsp3) is 0.353. The van der Waals surface area contributed by atoms with Crippen molar-refractivity contribution in [2.24, 2.45) is 0 Å². The van der Waals surface area contributed by atoms with E-state index in [1.54, 1.807) is 6.07 Å². The molecule has 2 aromatic rings. The number of carbonyl (C=O) groups is 1. The fourth-order valence-electron chi connectivity index (χ4n) is 2.95. The Morgan fingerprint density at radius 3 is 2.59 bits per heavy atom. The molecule has 1 fully saturated rings. The average Bonchev–Trinajstić information content (AvgIpc) is 2.96. The summed E-state index contributed by atoms with van der Waals surface area (Å²) in [5, 5.41) is 3.15. The van der Waals surface area contributed by atoms with Gasteiger partial charge in [0.1, 0.15) is 11.5 Å². The Morgan fingerprint density at radius 1 is 1.14 bits per heavy atom. The molecule has 1 N–H and O–H groups in total. The van der Waals surface area contributed by atoms with Gasteiger partial charge in [0.2, 0.25) is 6.79 Å². The predicted octanol–water partition coefficient (Wildman–Crippen LogP) is 3.04. The van der Waals surface area contributed by atoms with Gasteiger partial charge < -0.3 is 19.2 Å². The molecule has 1 aromatic carbocycles. The van der Waals surface area contributed by atoms with Crippen LogP contribution >= 0.6 is 0 Å². The summed E-state index contributed by atoms with van der Waals surface area (Å²) in [5.74, 6) is 2.80. The number of rotatable bonds is 3. The third kappa shape index (κ3) is 2.04. The summed E-state index contributed by atoms with van der Waals surface area (Å²) >= 11 is 0. The molecule has 5 nitrogen and oxygen atoms in total. The quantitative estimate of drug-likeness (QED) is 0.946. The maximum absolute atomic E-state index is 12.5. The summed E-state index contributed by atoms with van der Waals surface area (Å²) in [4.78, 5) is 12.5. The largest absolute Gasteiger partial charge is 0.466 e.